The van der Waals surface area contributed by atoms with E-state index in [0.29, 0.717) is 31.2 Å². The standard InChI is InChI=1S/C20H30ClN3O2/c1-19(2,3)14-20(4,5)22-17(25)18(26)24-11-9-23(10-12-24)16-8-6-7-15(21)13-16/h6-8,13H,9-12,14H2,1-5H3,(H,22,25). The Morgan fingerprint density at radius 3 is 2.23 bits per heavy atom. The molecule has 0 unspecified atom stereocenters. The van der Waals surface area contributed by atoms with Gasteiger partial charge in [0.15, 0.2) is 0 Å². The summed E-state index contributed by atoms with van der Waals surface area (Å²) >= 11 is 6.05. The van der Waals surface area contributed by atoms with Gasteiger partial charge in [-0.2, -0.15) is 0 Å². The first-order chi connectivity index (χ1) is 12.0. The van der Waals surface area contributed by atoms with Gasteiger partial charge in [0.05, 0.1) is 0 Å². The van der Waals surface area contributed by atoms with Crippen LogP contribution in [0.4, 0.5) is 5.69 Å². The maximum atomic E-state index is 12.5. The average molecular weight is 380 g/mol. The molecular formula is C20H30ClN3O2. The molecule has 0 radical (unpaired) electrons. The second-order valence-corrected chi connectivity index (χ2v) is 9.27. The molecule has 5 nitrogen and oxygen atoms in total. The molecule has 1 heterocycles. The summed E-state index contributed by atoms with van der Waals surface area (Å²) in [5.41, 5.74) is 0.691. The van der Waals surface area contributed by atoms with Gasteiger partial charge in [0.25, 0.3) is 0 Å². The molecule has 0 aliphatic carbocycles. The highest BCUT2D eigenvalue weighted by atomic mass is 35.5. The summed E-state index contributed by atoms with van der Waals surface area (Å²) in [7, 11) is 0. The minimum Gasteiger partial charge on any atom is -0.368 e. The molecular weight excluding hydrogens is 350 g/mol. The van der Waals surface area contributed by atoms with E-state index in [1.54, 1.807) is 4.90 Å². The van der Waals surface area contributed by atoms with Crippen LogP contribution < -0.4 is 10.2 Å². The van der Waals surface area contributed by atoms with E-state index in [1.807, 2.05) is 38.1 Å². The van der Waals surface area contributed by atoms with Crippen molar-refractivity contribution >= 4 is 29.1 Å². The van der Waals surface area contributed by atoms with Gasteiger partial charge in [-0.15, -0.1) is 0 Å². The molecule has 26 heavy (non-hydrogen) atoms. The molecule has 2 rings (SSSR count). The molecule has 1 aliphatic heterocycles. The first kappa shape index (κ1) is 20.6. The second-order valence-electron chi connectivity index (χ2n) is 8.83. The van der Waals surface area contributed by atoms with E-state index >= 15 is 0 Å². The number of hydrogen-bond donors (Lipinski definition) is 1. The van der Waals surface area contributed by atoms with E-state index in [1.165, 1.54) is 0 Å². The highest BCUT2D eigenvalue weighted by molar-refractivity contribution is 6.35. The predicted octanol–water partition coefficient (Wildman–Crippen LogP) is 3.32. The fourth-order valence-corrected chi connectivity index (χ4v) is 3.90. The number of nitrogens with one attached hydrogen (secondary N) is 1. The minimum atomic E-state index is -0.518. The lowest BCUT2D eigenvalue weighted by Gasteiger charge is -2.37. The molecule has 0 aromatic heterocycles. The van der Waals surface area contributed by atoms with Crippen molar-refractivity contribution in [3.63, 3.8) is 0 Å². The monoisotopic (exact) mass is 379 g/mol. The van der Waals surface area contributed by atoms with Gasteiger partial charge in [-0.1, -0.05) is 38.4 Å². The number of anilines is 1. The summed E-state index contributed by atoms with van der Waals surface area (Å²) < 4.78 is 0. The topological polar surface area (TPSA) is 52.7 Å². The highest BCUT2D eigenvalue weighted by Gasteiger charge is 2.32. The van der Waals surface area contributed by atoms with Crippen LogP contribution in [0.15, 0.2) is 24.3 Å². The van der Waals surface area contributed by atoms with Gasteiger partial charge < -0.3 is 15.1 Å². The van der Waals surface area contributed by atoms with Crippen LogP contribution in [0.3, 0.4) is 0 Å². The number of piperazine rings is 1. The van der Waals surface area contributed by atoms with Crippen LogP contribution in [0.2, 0.25) is 5.02 Å². The van der Waals surface area contributed by atoms with E-state index in [2.05, 4.69) is 31.0 Å². The minimum absolute atomic E-state index is 0.0718. The lowest BCUT2D eigenvalue weighted by molar-refractivity contribution is -0.147. The number of carbonyl (C=O) groups is 2. The maximum Gasteiger partial charge on any atom is 0.312 e. The molecule has 1 aromatic rings. The van der Waals surface area contributed by atoms with Gasteiger partial charge in [0, 0.05) is 42.4 Å². The first-order valence-electron chi connectivity index (χ1n) is 9.09. The second kappa shape index (κ2) is 7.87. The quantitative estimate of drug-likeness (QED) is 0.819. The number of amides is 2. The SMILES string of the molecule is CC(C)(C)CC(C)(C)NC(=O)C(=O)N1CCN(c2cccc(Cl)c2)CC1. The van der Waals surface area contributed by atoms with Gasteiger partial charge in [-0.05, 0) is 43.9 Å². The van der Waals surface area contributed by atoms with Crippen LogP contribution >= 0.6 is 11.6 Å². The number of hydrogen-bond acceptors (Lipinski definition) is 3. The van der Waals surface area contributed by atoms with E-state index in [0.717, 1.165) is 12.1 Å². The zero-order chi connectivity index (χ0) is 19.5. The van der Waals surface area contributed by atoms with E-state index < -0.39 is 17.4 Å². The van der Waals surface area contributed by atoms with Crippen molar-refractivity contribution in [1.82, 2.24) is 10.2 Å². The van der Waals surface area contributed by atoms with Crippen LogP contribution in [0.1, 0.15) is 41.0 Å². The highest BCUT2D eigenvalue weighted by Crippen LogP contribution is 2.27. The van der Waals surface area contributed by atoms with Crippen molar-refractivity contribution in [2.75, 3.05) is 31.1 Å². The molecule has 1 aliphatic rings. The number of carbonyl (C=O) groups excluding carboxylic acids is 2. The van der Waals surface area contributed by atoms with Gasteiger partial charge in [0.2, 0.25) is 0 Å². The third kappa shape index (κ3) is 5.90. The summed E-state index contributed by atoms with van der Waals surface area (Å²) in [6, 6.07) is 7.68. The number of benzene rings is 1. The summed E-state index contributed by atoms with van der Waals surface area (Å²) in [5, 5.41) is 3.59. The smallest absolute Gasteiger partial charge is 0.312 e. The zero-order valence-corrected chi connectivity index (χ0v) is 17.2. The van der Waals surface area contributed by atoms with E-state index in [9.17, 15) is 9.59 Å². The Labute approximate surface area is 161 Å². The van der Waals surface area contributed by atoms with Gasteiger partial charge >= 0.3 is 11.8 Å². The van der Waals surface area contributed by atoms with Crippen molar-refractivity contribution in [3.8, 4) is 0 Å². The van der Waals surface area contributed by atoms with Crippen LogP contribution in [-0.2, 0) is 9.59 Å². The maximum absolute atomic E-state index is 12.5. The van der Waals surface area contributed by atoms with Crippen molar-refractivity contribution in [2.45, 2.75) is 46.6 Å². The Bertz CT molecular complexity index is 659. The molecule has 2 amide bonds. The lowest BCUT2D eigenvalue weighted by atomic mass is 9.82. The fourth-order valence-electron chi connectivity index (χ4n) is 3.71. The molecule has 0 bridgehead atoms. The largest absolute Gasteiger partial charge is 0.368 e. The van der Waals surface area contributed by atoms with Crippen molar-refractivity contribution in [2.24, 2.45) is 5.41 Å². The fraction of sp³-hybridized carbons (Fsp3) is 0.600. The van der Waals surface area contributed by atoms with Crippen LogP contribution in [0.5, 0.6) is 0 Å². The summed E-state index contributed by atoms with van der Waals surface area (Å²) in [5.74, 6) is -0.965. The van der Waals surface area contributed by atoms with Gasteiger partial charge in [-0.25, -0.2) is 0 Å². The molecule has 1 fully saturated rings. The molecule has 0 saturated carbocycles. The molecule has 1 saturated heterocycles. The van der Waals surface area contributed by atoms with Gasteiger partial charge in [-0.3, -0.25) is 9.59 Å². The Balaban J connectivity index is 1.90. The molecule has 6 heteroatoms. The molecule has 0 atom stereocenters. The Morgan fingerprint density at radius 1 is 1.08 bits per heavy atom. The molecule has 1 N–H and O–H groups in total. The first-order valence-corrected chi connectivity index (χ1v) is 9.47. The molecule has 0 spiro atoms. The van der Waals surface area contributed by atoms with Crippen LogP contribution in [-0.4, -0.2) is 48.4 Å². The average Bonchev–Trinajstić information content (AvgIpc) is 2.51. The third-order valence-corrected chi connectivity index (χ3v) is 4.59. The predicted molar refractivity (Wildman–Crippen MR) is 107 cm³/mol. The molecule has 1 aromatic carbocycles. The summed E-state index contributed by atoms with van der Waals surface area (Å²) in [6.45, 7) is 12.7. The van der Waals surface area contributed by atoms with Crippen molar-refractivity contribution in [1.29, 1.82) is 0 Å². The third-order valence-electron chi connectivity index (χ3n) is 4.36. The Morgan fingerprint density at radius 2 is 1.69 bits per heavy atom. The zero-order valence-electron chi connectivity index (χ0n) is 16.4. The van der Waals surface area contributed by atoms with Crippen LogP contribution in [0.25, 0.3) is 0 Å². The molecule has 144 valence electrons. The van der Waals surface area contributed by atoms with E-state index in [-0.39, 0.29) is 5.41 Å². The number of halogens is 1. The van der Waals surface area contributed by atoms with E-state index in [4.69, 9.17) is 11.6 Å². The van der Waals surface area contributed by atoms with Crippen molar-refractivity contribution in [3.05, 3.63) is 29.3 Å². The summed E-state index contributed by atoms with van der Waals surface area (Å²) in [6.07, 6.45) is 0.793. The number of nitrogens with zero attached hydrogens (tertiary/aromatic N) is 2. The lowest BCUT2D eigenvalue weighted by Crippen LogP contribution is -2.56. The normalized spacial score (nSPS) is 15.8. The Hall–Kier alpha value is -1.75. The van der Waals surface area contributed by atoms with Crippen molar-refractivity contribution < 1.29 is 9.59 Å². The Kier molecular flexibility index (Phi) is 6.22. The number of rotatable bonds is 3. The van der Waals surface area contributed by atoms with Crippen LogP contribution in [0, 0.1) is 5.41 Å². The van der Waals surface area contributed by atoms with Gasteiger partial charge in [0.1, 0.15) is 0 Å². The summed E-state index contributed by atoms with van der Waals surface area (Å²) in [4.78, 5) is 28.7.